The van der Waals surface area contributed by atoms with E-state index in [-0.39, 0.29) is 16.2 Å². The number of benzene rings is 2. The topological polar surface area (TPSA) is 131 Å². The van der Waals surface area contributed by atoms with Gasteiger partial charge in [0, 0.05) is 17.1 Å². The van der Waals surface area contributed by atoms with Crippen LogP contribution in [-0.4, -0.2) is 27.5 Å². The van der Waals surface area contributed by atoms with Crippen molar-refractivity contribution < 1.29 is 9.90 Å². The molecule has 3 aromatic rings. The zero-order valence-corrected chi connectivity index (χ0v) is 19.7. The van der Waals surface area contributed by atoms with Gasteiger partial charge in [0.15, 0.2) is 0 Å². The molecule has 2 heterocycles. The van der Waals surface area contributed by atoms with Crippen molar-refractivity contribution >= 4 is 35.0 Å². The quantitative estimate of drug-likeness (QED) is 0.506. The molecule has 4 rings (SSSR count). The molecule has 0 aliphatic carbocycles. The summed E-state index contributed by atoms with van der Waals surface area (Å²) in [7, 11) is 0. The van der Waals surface area contributed by atoms with Crippen LogP contribution >= 0.6 is 11.6 Å². The van der Waals surface area contributed by atoms with E-state index in [1.807, 2.05) is 54.8 Å². The van der Waals surface area contributed by atoms with Crippen LogP contribution in [0, 0.1) is 42.4 Å². The average Bonchev–Trinajstić information content (AvgIpc) is 3.32. The second-order valence-corrected chi connectivity index (χ2v) is 8.47. The largest absolute Gasteiger partial charge is 0.478 e. The molecule has 1 aliphatic rings. The Hall–Kier alpha value is -4.37. The van der Waals surface area contributed by atoms with Gasteiger partial charge < -0.3 is 15.4 Å². The summed E-state index contributed by atoms with van der Waals surface area (Å²) in [5.41, 5.74) is 10.7. The molecule has 0 unspecified atom stereocenters. The van der Waals surface area contributed by atoms with Crippen LogP contribution in [0.25, 0.3) is 11.8 Å². The molecule has 2 aromatic carbocycles. The van der Waals surface area contributed by atoms with Crippen molar-refractivity contribution in [3.05, 3.63) is 87.7 Å². The van der Waals surface area contributed by atoms with Gasteiger partial charge in [-0.2, -0.15) is 15.6 Å². The fourth-order valence-electron chi connectivity index (χ4n) is 4.18. The number of nitrogens with two attached hydrogens (primary N) is 1. The number of nitrogens with zero attached hydrogens (tertiary/aromatic N) is 5. The lowest BCUT2D eigenvalue weighted by Crippen LogP contribution is -2.40. The molecule has 0 bridgehead atoms. The number of aromatic carboxylic acids is 1. The van der Waals surface area contributed by atoms with Crippen molar-refractivity contribution in [3.8, 4) is 17.8 Å². The van der Waals surface area contributed by atoms with Crippen molar-refractivity contribution in [1.82, 2.24) is 4.57 Å². The summed E-state index contributed by atoms with van der Waals surface area (Å²) >= 11 is 6.18. The van der Waals surface area contributed by atoms with Crippen LogP contribution in [0.4, 0.5) is 5.69 Å². The van der Waals surface area contributed by atoms with Crippen LogP contribution in [0.2, 0.25) is 5.02 Å². The number of carbonyl (C=O) groups is 1. The van der Waals surface area contributed by atoms with E-state index < -0.39 is 18.1 Å². The smallest absolute Gasteiger partial charge is 0.337 e. The highest BCUT2D eigenvalue weighted by Crippen LogP contribution is 2.30. The van der Waals surface area contributed by atoms with E-state index in [1.165, 1.54) is 6.07 Å². The van der Waals surface area contributed by atoms with E-state index in [9.17, 15) is 20.4 Å². The average molecular weight is 485 g/mol. The molecule has 35 heavy (non-hydrogen) atoms. The number of aryl methyl sites for hydroxylation is 1. The summed E-state index contributed by atoms with van der Waals surface area (Å²) in [5.74, 6) is -1.89. The van der Waals surface area contributed by atoms with Gasteiger partial charge in [0.1, 0.15) is 18.2 Å². The highest BCUT2D eigenvalue weighted by atomic mass is 35.5. The number of anilines is 1. The minimum absolute atomic E-state index is 0.0193. The number of aromatic nitrogens is 1. The SMILES string of the molecule is Cc1cc(/C=C(/C#N)C2=NN(c3ccccc3)[C@H](N)[C@@H]2C#N)c(C)n1-c1ccc(C(=O)O)c(Cl)c1. The molecular weight excluding hydrogens is 464 g/mol. The first kappa shape index (κ1) is 23.8. The lowest BCUT2D eigenvalue weighted by Gasteiger charge is -2.21. The van der Waals surface area contributed by atoms with Gasteiger partial charge in [-0.1, -0.05) is 29.8 Å². The third-order valence-corrected chi connectivity index (χ3v) is 6.21. The summed E-state index contributed by atoms with van der Waals surface area (Å²) in [6, 6.07) is 20.2. The van der Waals surface area contributed by atoms with E-state index in [4.69, 9.17) is 17.3 Å². The number of carboxylic acid groups (broad SMARTS) is 1. The fourth-order valence-corrected chi connectivity index (χ4v) is 4.44. The summed E-state index contributed by atoms with van der Waals surface area (Å²) < 4.78 is 1.92. The summed E-state index contributed by atoms with van der Waals surface area (Å²) in [6.45, 7) is 3.78. The molecule has 9 heteroatoms. The first-order chi connectivity index (χ1) is 16.8. The zero-order chi connectivity index (χ0) is 25.3. The Morgan fingerprint density at radius 1 is 1.14 bits per heavy atom. The predicted molar refractivity (Wildman–Crippen MR) is 134 cm³/mol. The van der Waals surface area contributed by atoms with Gasteiger partial charge in [-0.3, -0.25) is 0 Å². The van der Waals surface area contributed by atoms with Crippen LogP contribution in [0.3, 0.4) is 0 Å². The normalized spacial score (nSPS) is 17.6. The Morgan fingerprint density at radius 3 is 2.46 bits per heavy atom. The van der Waals surface area contributed by atoms with Crippen LogP contribution in [-0.2, 0) is 0 Å². The molecule has 8 nitrogen and oxygen atoms in total. The first-order valence-corrected chi connectivity index (χ1v) is 11.1. The van der Waals surface area contributed by atoms with E-state index in [2.05, 4.69) is 17.2 Å². The summed E-state index contributed by atoms with van der Waals surface area (Å²) in [6.07, 6.45) is 0.965. The number of nitriles is 2. The van der Waals surface area contributed by atoms with E-state index >= 15 is 0 Å². The minimum atomic E-state index is -1.10. The van der Waals surface area contributed by atoms with Crippen molar-refractivity contribution in [2.75, 3.05) is 5.01 Å². The maximum Gasteiger partial charge on any atom is 0.337 e. The maximum absolute atomic E-state index is 11.3. The number of halogens is 1. The first-order valence-electron chi connectivity index (χ1n) is 10.7. The van der Waals surface area contributed by atoms with Crippen molar-refractivity contribution in [3.63, 3.8) is 0 Å². The van der Waals surface area contributed by atoms with Crippen LogP contribution in [0.5, 0.6) is 0 Å². The van der Waals surface area contributed by atoms with Crippen molar-refractivity contribution in [2.45, 2.75) is 20.0 Å². The van der Waals surface area contributed by atoms with Crippen molar-refractivity contribution in [2.24, 2.45) is 16.8 Å². The maximum atomic E-state index is 11.3. The number of carboxylic acids is 1. The molecule has 0 fully saturated rings. The zero-order valence-electron chi connectivity index (χ0n) is 19.0. The molecule has 174 valence electrons. The number of rotatable bonds is 5. The number of hydrogen-bond donors (Lipinski definition) is 2. The van der Waals surface area contributed by atoms with Crippen molar-refractivity contribution in [1.29, 1.82) is 10.5 Å². The molecule has 0 amide bonds. The van der Waals surface area contributed by atoms with Gasteiger partial charge in [-0.15, -0.1) is 0 Å². The molecule has 0 radical (unpaired) electrons. The summed E-state index contributed by atoms with van der Waals surface area (Å²) in [4.78, 5) is 11.3. The van der Waals surface area contributed by atoms with Gasteiger partial charge in [0.05, 0.1) is 33.6 Å². The van der Waals surface area contributed by atoms with E-state index in [0.29, 0.717) is 11.4 Å². The Bertz CT molecular complexity index is 1460. The molecule has 1 aromatic heterocycles. The van der Waals surface area contributed by atoms with Crippen LogP contribution in [0.1, 0.15) is 27.3 Å². The Kier molecular flexibility index (Phi) is 6.44. The second-order valence-electron chi connectivity index (χ2n) is 8.06. The minimum Gasteiger partial charge on any atom is -0.478 e. The van der Waals surface area contributed by atoms with Gasteiger partial charge in [0.25, 0.3) is 0 Å². The molecule has 3 N–H and O–H groups in total. The lowest BCUT2D eigenvalue weighted by atomic mass is 9.95. The molecular formula is C26H21ClN6O2. The number of hydrazone groups is 1. The van der Waals surface area contributed by atoms with Gasteiger partial charge >= 0.3 is 5.97 Å². The Labute approximate surface area is 207 Å². The standard InChI is InChI=1S/C26H21ClN6O2/c1-15-10-17(16(2)32(15)20-8-9-21(26(34)35)23(27)12-20)11-18(13-28)24-22(14-29)25(30)33(31-24)19-6-4-3-5-7-19/h3-12,22,25H,30H2,1-2H3,(H,34,35)/b18-11-/t22-,25+/m1/s1. The van der Waals surface area contributed by atoms with Crippen LogP contribution < -0.4 is 10.7 Å². The second kappa shape index (κ2) is 9.47. The third kappa shape index (κ3) is 4.29. The van der Waals surface area contributed by atoms with E-state index in [0.717, 1.165) is 22.6 Å². The lowest BCUT2D eigenvalue weighted by molar-refractivity contribution is 0.0697. The predicted octanol–water partition coefficient (Wildman–Crippen LogP) is 4.65. The van der Waals surface area contributed by atoms with Gasteiger partial charge in [-0.05, 0) is 61.9 Å². The molecule has 0 spiro atoms. The Balaban J connectivity index is 1.76. The van der Waals surface area contributed by atoms with Gasteiger partial charge in [-0.25, -0.2) is 9.80 Å². The van der Waals surface area contributed by atoms with E-state index in [1.54, 1.807) is 23.2 Å². The molecule has 2 atom stereocenters. The number of allylic oxidation sites excluding steroid dienone is 1. The molecule has 0 saturated heterocycles. The number of hydrogen-bond acceptors (Lipinski definition) is 6. The molecule has 0 saturated carbocycles. The summed E-state index contributed by atoms with van der Waals surface area (Å²) in [5, 5.41) is 35.2. The third-order valence-electron chi connectivity index (χ3n) is 5.90. The van der Waals surface area contributed by atoms with Crippen LogP contribution in [0.15, 0.2) is 65.3 Å². The number of para-hydroxylation sites is 1. The fraction of sp³-hybridized carbons (Fsp3) is 0.154. The molecule has 1 aliphatic heterocycles. The Morgan fingerprint density at radius 2 is 1.86 bits per heavy atom. The monoisotopic (exact) mass is 484 g/mol. The van der Waals surface area contributed by atoms with Gasteiger partial charge in [0.2, 0.25) is 0 Å². The highest BCUT2D eigenvalue weighted by Gasteiger charge is 2.37. The highest BCUT2D eigenvalue weighted by molar-refractivity contribution is 6.33.